The number of ether oxygens (including phenoxy) is 1. The second-order valence-electron chi connectivity index (χ2n) is 8.06. The molecule has 0 radical (unpaired) electrons. The van der Waals surface area contributed by atoms with Gasteiger partial charge in [-0.05, 0) is 81.4 Å². The van der Waals surface area contributed by atoms with Crippen molar-refractivity contribution < 1.29 is 13.9 Å². The smallest absolute Gasteiger partial charge is 0.255 e. The molecule has 2 aromatic carbocycles. The number of amides is 1. The molecule has 1 aliphatic rings. The van der Waals surface area contributed by atoms with Gasteiger partial charge in [-0.1, -0.05) is 0 Å². The second-order valence-corrected chi connectivity index (χ2v) is 8.06. The number of nitrogens with zero attached hydrogens (tertiary/aromatic N) is 3. The number of aryl methyl sites for hydroxylation is 2. The highest BCUT2D eigenvalue weighted by molar-refractivity contribution is 6.04. The predicted molar refractivity (Wildman–Crippen MR) is 119 cm³/mol. The Balaban J connectivity index is 1.58. The van der Waals surface area contributed by atoms with Crippen LogP contribution in [0, 0.1) is 12.7 Å². The van der Waals surface area contributed by atoms with Gasteiger partial charge in [-0.15, -0.1) is 0 Å². The Bertz CT molecular complexity index is 1090. The summed E-state index contributed by atoms with van der Waals surface area (Å²) < 4.78 is 21.5. The number of likely N-dealkylation sites (N-methyl/N-ethyl adjacent to an activating group) is 1. The topological polar surface area (TPSA) is 59.4 Å². The van der Waals surface area contributed by atoms with Crippen LogP contribution in [0.25, 0.3) is 11.3 Å². The number of anilines is 1. The molecule has 162 valence electrons. The van der Waals surface area contributed by atoms with E-state index in [1.807, 2.05) is 31.3 Å². The highest BCUT2D eigenvalue weighted by Crippen LogP contribution is 2.33. The van der Waals surface area contributed by atoms with E-state index in [-0.39, 0.29) is 11.7 Å². The van der Waals surface area contributed by atoms with E-state index in [1.165, 1.54) is 18.6 Å². The normalized spacial score (nSPS) is 16.5. The standard InChI is InChI=1S/C24H27FN4O2/c1-16-13-17(6-8-21(16)25)24(30)27-18-7-9-23(31-15-19-5-4-12-28(19)2)20(14-18)22-10-11-26-29(22)3/h6-11,13-14,19H,4-5,12,15H2,1-3H3,(H,27,30). The quantitative estimate of drug-likeness (QED) is 0.645. The van der Waals surface area contributed by atoms with E-state index in [2.05, 4.69) is 22.4 Å². The van der Waals surface area contributed by atoms with E-state index < -0.39 is 0 Å². The molecular formula is C24H27FN4O2. The van der Waals surface area contributed by atoms with E-state index in [1.54, 1.807) is 23.9 Å². The Morgan fingerprint density at radius 1 is 1.23 bits per heavy atom. The molecule has 0 saturated carbocycles. The highest BCUT2D eigenvalue weighted by Gasteiger charge is 2.22. The van der Waals surface area contributed by atoms with E-state index in [0.717, 1.165) is 30.0 Å². The van der Waals surface area contributed by atoms with E-state index in [0.29, 0.717) is 29.5 Å². The van der Waals surface area contributed by atoms with Gasteiger partial charge in [0.05, 0.1) is 5.69 Å². The summed E-state index contributed by atoms with van der Waals surface area (Å²) in [7, 11) is 4.00. The summed E-state index contributed by atoms with van der Waals surface area (Å²) in [4.78, 5) is 15.0. The Kier molecular flexibility index (Phi) is 6.04. The summed E-state index contributed by atoms with van der Waals surface area (Å²) >= 11 is 0. The van der Waals surface area contributed by atoms with Crippen molar-refractivity contribution >= 4 is 11.6 Å². The van der Waals surface area contributed by atoms with Gasteiger partial charge in [0.2, 0.25) is 0 Å². The monoisotopic (exact) mass is 422 g/mol. The fourth-order valence-corrected chi connectivity index (χ4v) is 3.94. The number of nitrogens with one attached hydrogen (secondary N) is 1. The van der Waals surface area contributed by atoms with E-state index in [9.17, 15) is 9.18 Å². The maximum absolute atomic E-state index is 13.5. The molecule has 0 spiro atoms. The number of likely N-dealkylation sites (tertiary alicyclic amines) is 1. The van der Waals surface area contributed by atoms with Gasteiger partial charge < -0.3 is 15.0 Å². The van der Waals surface area contributed by atoms with Crippen molar-refractivity contribution in [1.29, 1.82) is 0 Å². The number of rotatable bonds is 6. The van der Waals surface area contributed by atoms with Crippen LogP contribution in [0.4, 0.5) is 10.1 Å². The molecule has 31 heavy (non-hydrogen) atoms. The van der Waals surface area contributed by atoms with Gasteiger partial charge in [-0.25, -0.2) is 4.39 Å². The van der Waals surface area contributed by atoms with Crippen LogP contribution < -0.4 is 10.1 Å². The Labute approximate surface area is 181 Å². The zero-order valence-electron chi connectivity index (χ0n) is 18.1. The number of carbonyl (C=O) groups is 1. The number of aromatic nitrogens is 2. The molecule has 1 atom stereocenters. The second kappa shape index (κ2) is 8.89. The fraction of sp³-hybridized carbons (Fsp3) is 0.333. The zero-order valence-corrected chi connectivity index (χ0v) is 18.1. The summed E-state index contributed by atoms with van der Waals surface area (Å²) in [5, 5.41) is 7.17. The van der Waals surface area contributed by atoms with Crippen LogP contribution in [-0.2, 0) is 7.05 Å². The molecular weight excluding hydrogens is 395 g/mol. The van der Waals surface area contributed by atoms with Crippen LogP contribution in [0.1, 0.15) is 28.8 Å². The van der Waals surface area contributed by atoms with Gasteiger partial charge in [0.1, 0.15) is 18.2 Å². The van der Waals surface area contributed by atoms with Crippen molar-refractivity contribution in [2.24, 2.45) is 7.05 Å². The van der Waals surface area contributed by atoms with Gasteiger partial charge >= 0.3 is 0 Å². The maximum Gasteiger partial charge on any atom is 0.255 e. The average Bonchev–Trinajstić information content (AvgIpc) is 3.36. The van der Waals surface area contributed by atoms with Crippen LogP contribution in [0.3, 0.4) is 0 Å². The summed E-state index contributed by atoms with van der Waals surface area (Å²) in [6.07, 6.45) is 4.05. The van der Waals surface area contributed by atoms with Gasteiger partial charge in [-0.2, -0.15) is 5.10 Å². The summed E-state index contributed by atoms with van der Waals surface area (Å²) in [5.74, 6) is 0.129. The lowest BCUT2D eigenvalue weighted by molar-refractivity contribution is 0.102. The number of halogens is 1. The number of carbonyl (C=O) groups excluding carboxylic acids is 1. The number of hydrogen-bond donors (Lipinski definition) is 1. The lowest BCUT2D eigenvalue weighted by Gasteiger charge is -2.21. The first-order valence-corrected chi connectivity index (χ1v) is 10.5. The molecule has 7 heteroatoms. The minimum Gasteiger partial charge on any atom is -0.491 e. The van der Waals surface area contributed by atoms with Crippen LogP contribution in [0.2, 0.25) is 0 Å². The zero-order chi connectivity index (χ0) is 22.0. The number of benzene rings is 2. The number of hydrogen-bond acceptors (Lipinski definition) is 4. The molecule has 4 rings (SSSR count). The van der Waals surface area contributed by atoms with Crippen LogP contribution >= 0.6 is 0 Å². The third-order valence-electron chi connectivity index (χ3n) is 5.86. The Hall–Kier alpha value is -3.19. The molecule has 0 bridgehead atoms. The minimum atomic E-state index is -0.329. The Morgan fingerprint density at radius 3 is 2.74 bits per heavy atom. The summed E-state index contributed by atoms with van der Waals surface area (Å²) in [5.41, 5.74) is 3.22. The lowest BCUT2D eigenvalue weighted by Crippen LogP contribution is -2.30. The molecule has 1 aliphatic heterocycles. The first-order chi connectivity index (χ1) is 14.9. The minimum absolute atomic E-state index is 0.291. The van der Waals surface area contributed by atoms with Crippen molar-refractivity contribution in [3.63, 3.8) is 0 Å². The molecule has 6 nitrogen and oxygen atoms in total. The molecule has 1 unspecified atom stereocenters. The average molecular weight is 423 g/mol. The van der Waals surface area contributed by atoms with Crippen molar-refractivity contribution in [3.8, 4) is 17.0 Å². The van der Waals surface area contributed by atoms with Crippen LogP contribution in [0.15, 0.2) is 48.7 Å². The van der Waals surface area contributed by atoms with E-state index in [4.69, 9.17) is 4.74 Å². The van der Waals surface area contributed by atoms with Gasteiger partial charge in [0.25, 0.3) is 5.91 Å². The van der Waals surface area contributed by atoms with E-state index >= 15 is 0 Å². The van der Waals surface area contributed by atoms with Crippen molar-refractivity contribution in [1.82, 2.24) is 14.7 Å². The predicted octanol–water partition coefficient (Wildman–Crippen LogP) is 4.26. The lowest BCUT2D eigenvalue weighted by atomic mass is 10.1. The van der Waals surface area contributed by atoms with Gasteiger partial charge in [-0.3, -0.25) is 9.48 Å². The molecule has 1 N–H and O–H groups in total. The molecule has 1 aromatic heterocycles. The highest BCUT2D eigenvalue weighted by atomic mass is 19.1. The Morgan fingerprint density at radius 2 is 2.06 bits per heavy atom. The molecule has 1 saturated heterocycles. The summed E-state index contributed by atoms with van der Waals surface area (Å²) in [6, 6.07) is 12.2. The molecule has 3 aromatic rings. The molecule has 1 amide bonds. The van der Waals surface area contributed by atoms with Crippen LogP contribution in [0.5, 0.6) is 5.75 Å². The maximum atomic E-state index is 13.5. The van der Waals surface area contributed by atoms with Gasteiger partial charge in [0.15, 0.2) is 0 Å². The largest absolute Gasteiger partial charge is 0.491 e. The summed E-state index contributed by atoms with van der Waals surface area (Å²) in [6.45, 7) is 3.35. The SMILES string of the molecule is Cc1cc(C(=O)Nc2ccc(OCC3CCCN3C)c(-c3ccnn3C)c2)ccc1F. The molecule has 1 fully saturated rings. The molecule has 2 heterocycles. The van der Waals surface area contributed by atoms with Gasteiger partial charge in [0, 0.05) is 36.1 Å². The van der Waals surface area contributed by atoms with Crippen molar-refractivity contribution in [2.75, 3.05) is 25.5 Å². The fourth-order valence-electron chi connectivity index (χ4n) is 3.94. The first-order valence-electron chi connectivity index (χ1n) is 10.5. The van der Waals surface area contributed by atoms with Crippen molar-refractivity contribution in [2.45, 2.75) is 25.8 Å². The third kappa shape index (κ3) is 4.61. The van der Waals surface area contributed by atoms with Crippen LogP contribution in [-0.4, -0.2) is 46.8 Å². The first kappa shape index (κ1) is 21.1. The molecule has 0 aliphatic carbocycles. The van der Waals surface area contributed by atoms with Crippen molar-refractivity contribution in [3.05, 3.63) is 65.6 Å². The third-order valence-corrected chi connectivity index (χ3v) is 5.86.